The first kappa shape index (κ1) is 32.1. The van der Waals surface area contributed by atoms with Gasteiger partial charge in [-0.25, -0.2) is 9.59 Å². The van der Waals surface area contributed by atoms with Crippen molar-refractivity contribution in [2.75, 3.05) is 36.2 Å². The van der Waals surface area contributed by atoms with Crippen LogP contribution >= 0.6 is 11.6 Å². The van der Waals surface area contributed by atoms with Gasteiger partial charge < -0.3 is 35.8 Å². The molecule has 0 aliphatic heterocycles. The molecule has 1 aliphatic carbocycles. The van der Waals surface area contributed by atoms with Crippen molar-refractivity contribution in [2.45, 2.75) is 37.0 Å². The van der Waals surface area contributed by atoms with Crippen LogP contribution in [-0.2, 0) is 24.7 Å². The summed E-state index contributed by atoms with van der Waals surface area (Å²) < 4.78 is 48.1. The number of halogens is 4. The Labute approximate surface area is 253 Å². The maximum atomic E-state index is 12.8. The van der Waals surface area contributed by atoms with Crippen molar-refractivity contribution in [1.29, 1.82) is 0 Å². The number of anilines is 4. The van der Waals surface area contributed by atoms with E-state index in [9.17, 15) is 27.6 Å². The van der Waals surface area contributed by atoms with Gasteiger partial charge in [-0.3, -0.25) is 4.79 Å². The first-order valence-electron chi connectivity index (χ1n) is 13.1. The average Bonchev–Trinajstić information content (AvgIpc) is 3.76. The number of hydrogen-bond donors (Lipinski definition) is 5. The third-order valence-electron chi connectivity index (χ3n) is 6.36. The molecule has 1 fully saturated rings. The maximum absolute atomic E-state index is 12.8. The van der Waals surface area contributed by atoms with Gasteiger partial charge in [-0.2, -0.15) is 28.1 Å². The molecule has 1 heterocycles. The Morgan fingerprint density at radius 2 is 1.64 bits per heavy atom. The monoisotopic (exact) mass is 637 g/mol. The lowest BCUT2D eigenvalue weighted by Gasteiger charge is -2.19. The van der Waals surface area contributed by atoms with Crippen LogP contribution in [0, 0.1) is 0 Å². The number of esters is 1. The SMILES string of the molecule is COC(=O)C(CCNC(=O)C(=O)O)Nc1ccc(Nc2nc(NC3(c4ccc(Cl)cc4)CC3)nc(OCC(F)(F)F)n2)cc1. The lowest BCUT2D eigenvalue weighted by atomic mass is 10.1. The van der Waals surface area contributed by atoms with Crippen molar-refractivity contribution in [3.8, 4) is 6.01 Å². The quantitative estimate of drug-likeness (QED) is 0.135. The largest absolute Gasteiger partial charge is 0.474 e. The van der Waals surface area contributed by atoms with Gasteiger partial charge in [0.05, 0.1) is 12.6 Å². The Morgan fingerprint density at radius 3 is 2.23 bits per heavy atom. The first-order chi connectivity index (χ1) is 20.9. The predicted octanol–water partition coefficient (Wildman–Crippen LogP) is 3.86. The Kier molecular flexibility index (Phi) is 9.93. The summed E-state index contributed by atoms with van der Waals surface area (Å²) >= 11 is 6.00. The fourth-order valence-electron chi connectivity index (χ4n) is 4.05. The van der Waals surface area contributed by atoms with Crippen LogP contribution in [0.5, 0.6) is 6.01 Å². The number of alkyl halides is 3. The number of rotatable bonds is 13. The summed E-state index contributed by atoms with van der Waals surface area (Å²) in [6.07, 6.45) is -3.12. The van der Waals surface area contributed by atoms with E-state index in [1.165, 1.54) is 7.11 Å². The van der Waals surface area contributed by atoms with Crippen LogP contribution in [0.2, 0.25) is 5.02 Å². The van der Waals surface area contributed by atoms with Gasteiger partial charge in [0.2, 0.25) is 11.9 Å². The van der Waals surface area contributed by atoms with Crippen molar-refractivity contribution < 1.29 is 42.1 Å². The molecule has 2 aromatic carbocycles. The summed E-state index contributed by atoms with van der Waals surface area (Å²) in [7, 11) is 1.19. The van der Waals surface area contributed by atoms with E-state index in [4.69, 9.17) is 26.2 Å². The highest BCUT2D eigenvalue weighted by molar-refractivity contribution is 6.31. The zero-order chi connectivity index (χ0) is 31.9. The molecule has 44 heavy (non-hydrogen) atoms. The summed E-state index contributed by atoms with van der Waals surface area (Å²) in [5, 5.41) is 20.4. The zero-order valence-electron chi connectivity index (χ0n) is 23.1. The van der Waals surface area contributed by atoms with Crippen molar-refractivity contribution >= 4 is 52.7 Å². The topological polar surface area (TPSA) is 177 Å². The minimum absolute atomic E-state index is 0.00122. The second kappa shape index (κ2) is 13.6. The van der Waals surface area contributed by atoms with E-state index in [0.29, 0.717) is 16.4 Å². The second-order valence-electron chi connectivity index (χ2n) is 9.66. The van der Waals surface area contributed by atoms with Crippen LogP contribution in [0.25, 0.3) is 0 Å². The van der Waals surface area contributed by atoms with Crippen molar-refractivity contribution in [3.63, 3.8) is 0 Å². The van der Waals surface area contributed by atoms with Gasteiger partial charge in [0.1, 0.15) is 6.04 Å². The minimum atomic E-state index is -4.61. The first-order valence-corrected chi connectivity index (χ1v) is 13.5. The van der Waals surface area contributed by atoms with Gasteiger partial charge in [-0.1, -0.05) is 23.7 Å². The third-order valence-corrected chi connectivity index (χ3v) is 6.61. The molecule has 17 heteroatoms. The van der Waals surface area contributed by atoms with Crippen LogP contribution in [0.15, 0.2) is 48.5 Å². The number of hydrogen-bond acceptors (Lipinski definition) is 11. The molecular weight excluding hydrogens is 611 g/mol. The highest BCUT2D eigenvalue weighted by Crippen LogP contribution is 2.48. The van der Waals surface area contributed by atoms with Crippen LogP contribution in [0.3, 0.4) is 0 Å². The molecule has 234 valence electrons. The van der Waals surface area contributed by atoms with Gasteiger partial charge in [0, 0.05) is 22.9 Å². The fraction of sp³-hybridized carbons (Fsp3) is 0.333. The Bertz CT molecular complexity index is 1490. The smallest absolute Gasteiger partial charge is 0.422 e. The molecule has 0 saturated heterocycles. The highest BCUT2D eigenvalue weighted by atomic mass is 35.5. The summed E-state index contributed by atoms with van der Waals surface area (Å²) in [5.74, 6) is -3.58. The van der Waals surface area contributed by atoms with E-state index in [0.717, 1.165) is 18.4 Å². The standard InChI is InChI=1S/C27H27ClF3N7O6/c1-43-22(42)19(10-13-32-20(39)21(40)41)33-17-6-8-18(9-7-17)34-23-35-24(37-25(36-23)44-14-27(29,30)31)38-26(11-12-26)15-2-4-16(28)5-3-15/h2-9,19,33H,10-14H2,1H3,(H,32,39)(H,40,41)(H2,34,35,36,37,38). The number of nitrogens with one attached hydrogen (secondary N) is 4. The lowest BCUT2D eigenvalue weighted by Crippen LogP contribution is -2.37. The number of carboxylic acids is 1. The molecule has 1 aliphatic rings. The second-order valence-corrected chi connectivity index (χ2v) is 10.1. The van der Waals surface area contributed by atoms with Gasteiger partial charge in [-0.15, -0.1) is 0 Å². The number of aromatic nitrogens is 3. The van der Waals surface area contributed by atoms with E-state index in [-0.39, 0.29) is 24.9 Å². The lowest BCUT2D eigenvalue weighted by molar-refractivity contribution is -0.154. The summed E-state index contributed by atoms with van der Waals surface area (Å²) in [6.45, 7) is -1.70. The third kappa shape index (κ3) is 9.07. The summed E-state index contributed by atoms with van der Waals surface area (Å²) in [5.41, 5.74) is 1.30. The summed E-state index contributed by atoms with van der Waals surface area (Å²) in [4.78, 5) is 46.4. The number of amides is 1. The predicted molar refractivity (Wildman–Crippen MR) is 152 cm³/mol. The number of ether oxygens (including phenoxy) is 2. The van der Waals surface area contributed by atoms with Gasteiger partial charge in [0.25, 0.3) is 0 Å². The molecule has 1 unspecified atom stereocenters. The zero-order valence-corrected chi connectivity index (χ0v) is 23.8. The van der Waals surface area contributed by atoms with E-state index < -0.39 is 48.2 Å². The van der Waals surface area contributed by atoms with Crippen molar-refractivity contribution in [2.24, 2.45) is 0 Å². The van der Waals surface area contributed by atoms with Crippen LogP contribution < -0.4 is 26.0 Å². The number of methoxy groups -OCH3 is 1. The van der Waals surface area contributed by atoms with Crippen LogP contribution in [0.1, 0.15) is 24.8 Å². The van der Waals surface area contributed by atoms with E-state index in [2.05, 4.69) is 36.2 Å². The molecule has 5 N–H and O–H groups in total. The van der Waals surface area contributed by atoms with Gasteiger partial charge in [-0.05, 0) is 61.2 Å². The molecule has 0 spiro atoms. The highest BCUT2D eigenvalue weighted by Gasteiger charge is 2.45. The molecule has 4 rings (SSSR count). The molecule has 3 aromatic rings. The van der Waals surface area contributed by atoms with Crippen molar-refractivity contribution in [3.05, 3.63) is 59.1 Å². The number of carbonyl (C=O) groups excluding carboxylic acids is 2. The van der Waals surface area contributed by atoms with Crippen LogP contribution in [-0.4, -0.2) is 70.4 Å². The van der Waals surface area contributed by atoms with Crippen molar-refractivity contribution in [1.82, 2.24) is 20.3 Å². The molecule has 1 atom stereocenters. The molecule has 1 aromatic heterocycles. The Morgan fingerprint density at radius 1 is 1.00 bits per heavy atom. The Hall–Kier alpha value is -4.86. The normalized spacial score (nSPS) is 14.1. The molecule has 13 nitrogen and oxygen atoms in total. The van der Waals surface area contributed by atoms with E-state index >= 15 is 0 Å². The van der Waals surface area contributed by atoms with Gasteiger partial charge >= 0.3 is 30.0 Å². The van der Waals surface area contributed by atoms with Gasteiger partial charge in [0.15, 0.2) is 6.61 Å². The van der Waals surface area contributed by atoms with Crippen LogP contribution in [0.4, 0.5) is 36.4 Å². The number of nitrogens with zero attached hydrogens (tertiary/aromatic N) is 3. The van der Waals surface area contributed by atoms with E-state index in [1.54, 1.807) is 36.4 Å². The molecule has 1 amide bonds. The molecular formula is C27H27ClF3N7O6. The summed E-state index contributed by atoms with van der Waals surface area (Å²) in [6, 6.07) is 12.1. The molecule has 0 bridgehead atoms. The number of aliphatic carboxylic acids is 1. The Balaban J connectivity index is 1.48. The molecule has 0 radical (unpaired) electrons. The maximum Gasteiger partial charge on any atom is 0.422 e. The number of carboxylic acid groups (broad SMARTS) is 1. The average molecular weight is 638 g/mol. The number of benzene rings is 2. The number of carbonyl (C=O) groups is 3. The van der Waals surface area contributed by atoms with E-state index in [1.807, 2.05) is 12.1 Å². The molecule has 1 saturated carbocycles. The minimum Gasteiger partial charge on any atom is -0.474 e. The fourth-order valence-corrected chi connectivity index (χ4v) is 4.18.